The highest BCUT2D eigenvalue weighted by Crippen LogP contribution is 2.44. The van der Waals surface area contributed by atoms with Crippen LogP contribution in [-0.2, 0) is 14.3 Å². The zero-order valence-corrected chi connectivity index (χ0v) is 19.7. The molecule has 0 aliphatic heterocycles. The van der Waals surface area contributed by atoms with Gasteiger partial charge in [-0.15, -0.1) is 0 Å². The number of carbonyl (C=O) groups excluding carboxylic acids is 2. The molecule has 2 aliphatic carbocycles. The average molecular weight is 477 g/mol. The molecule has 2 aliphatic rings. The molecule has 2 amide bonds. The van der Waals surface area contributed by atoms with E-state index >= 15 is 0 Å². The molecule has 0 aromatic heterocycles. The third-order valence-corrected chi connectivity index (χ3v) is 6.90. The van der Waals surface area contributed by atoms with Gasteiger partial charge < -0.3 is 20.5 Å². The molecule has 7 nitrogen and oxygen atoms in total. The second kappa shape index (κ2) is 11.7. The van der Waals surface area contributed by atoms with Crippen LogP contribution in [0.4, 0.5) is 4.79 Å². The number of nitrogens with one attached hydrogen (secondary N) is 2. The van der Waals surface area contributed by atoms with Crippen molar-refractivity contribution in [2.24, 2.45) is 5.92 Å². The Bertz CT molecular complexity index is 1040. The van der Waals surface area contributed by atoms with E-state index in [-0.39, 0.29) is 25.0 Å². The lowest BCUT2D eigenvalue weighted by atomic mass is 9.84. The summed E-state index contributed by atoms with van der Waals surface area (Å²) in [5, 5.41) is 14.2. The first-order valence-corrected chi connectivity index (χ1v) is 12.3. The largest absolute Gasteiger partial charge is 0.478 e. The van der Waals surface area contributed by atoms with Gasteiger partial charge in [0.05, 0.1) is 0 Å². The van der Waals surface area contributed by atoms with Gasteiger partial charge in [0.15, 0.2) is 0 Å². The van der Waals surface area contributed by atoms with E-state index in [0.29, 0.717) is 12.3 Å². The summed E-state index contributed by atoms with van der Waals surface area (Å²) in [6.07, 6.45) is 7.80. The van der Waals surface area contributed by atoms with Gasteiger partial charge in [-0.25, -0.2) is 9.59 Å². The Morgan fingerprint density at radius 3 is 2.23 bits per heavy atom. The van der Waals surface area contributed by atoms with Crippen molar-refractivity contribution >= 4 is 18.0 Å². The first kappa shape index (κ1) is 24.5. The molecule has 7 heteroatoms. The molecule has 0 spiro atoms. The lowest BCUT2D eigenvalue weighted by Gasteiger charge is -2.26. The summed E-state index contributed by atoms with van der Waals surface area (Å²) in [6, 6.07) is 15.5. The molecular formula is C28H32N2O5. The fourth-order valence-electron chi connectivity index (χ4n) is 5.21. The molecule has 1 fully saturated rings. The second-order valence-corrected chi connectivity index (χ2v) is 9.25. The number of carboxylic acid groups (broad SMARTS) is 1. The van der Waals surface area contributed by atoms with Gasteiger partial charge in [-0.2, -0.15) is 0 Å². The van der Waals surface area contributed by atoms with Crippen LogP contribution in [0.25, 0.3) is 11.1 Å². The number of hydrogen-bond acceptors (Lipinski definition) is 4. The maximum Gasteiger partial charge on any atom is 0.407 e. The normalized spacial score (nSPS) is 16.3. The third-order valence-electron chi connectivity index (χ3n) is 6.90. The van der Waals surface area contributed by atoms with Crippen molar-refractivity contribution in [2.45, 2.75) is 50.5 Å². The summed E-state index contributed by atoms with van der Waals surface area (Å²) >= 11 is 0. The minimum atomic E-state index is -1.07. The Kier molecular flexibility index (Phi) is 8.19. The summed E-state index contributed by atoms with van der Waals surface area (Å²) in [5.74, 6) is -1.10. The molecule has 35 heavy (non-hydrogen) atoms. The molecule has 2 aromatic rings. The Balaban J connectivity index is 1.39. The van der Waals surface area contributed by atoms with E-state index in [0.717, 1.165) is 54.0 Å². The maximum absolute atomic E-state index is 12.8. The van der Waals surface area contributed by atoms with Crippen LogP contribution in [0.15, 0.2) is 60.7 Å². The number of alkyl carbamates (subject to hydrolysis) is 1. The summed E-state index contributed by atoms with van der Waals surface area (Å²) in [4.78, 5) is 36.3. The standard InChI is InChI=1S/C28H32N2O5/c31-26(32)15-8-16-29-27(33)25(17-19-9-2-1-3-10-19)30-28(34)35-18-24-22-13-6-4-11-20(22)21-12-5-7-14-23(21)24/h4-8,11-15,19,24-25H,1-3,9-10,16-18H2,(H,29,33)(H,30,34)(H,31,32)/b15-8+. The SMILES string of the molecule is O=C(O)/C=C/CNC(=O)C(CC1CCCCC1)NC(=O)OCC1c2ccccc2-c2ccccc21. The smallest absolute Gasteiger partial charge is 0.407 e. The minimum Gasteiger partial charge on any atom is -0.478 e. The van der Waals surface area contributed by atoms with Crippen LogP contribution in [-0.4, -0.2) is 42.3 Å². The predicted octanol–water partition coefficient (Wildman–Crippen LogP) is 4.62. The fourth-order valence-corrected chi connectivity index (χ4v) is 5.21. The second-order valence-electron chi connectivity index (χ2n) is 9.25. The molecule has 1 saturated carbocycles. The average Bonchev–Trinajstić information content (AvgIpc) is 3.19. The lowest BCUT2D eigenvalue weighted by Crippen LogP contribution is -2.48. The van der Waals surface area contributed by atoms with Gasteiger partial charge in [0.2, 0.25) is 5.91 Å². The Morgan fingerprint density at radius 1 is 0.971 bits per heavy atom. The van der Waals surface area contributed by atoms with Crippen molar-refractivity contribution in [1.29, 1.82) is 0 Å². The van der Waals surface area contributed by atoms with Crippen molar-refractivity contribution in [3.8, 4) is 11.1 Å². The predicted molar refractivity (Wildman–Crippen MR) is 133 cm³/mol. The minimum absolute atomic E-state index is 0.0556. The van der Waals surface area contributed by atoms with E-state index in [4.69, 9.17) is 9.84 Å². The molecule has 184 valence electrons. The first-order valence-electron chi connectivity index (χ1n) is 12.3. The van der Waals surface area contributed by atoms with Crippen LogP contribution in [0.2, 0.25) is 0 Å². The van der Waals surface area contributed by atoms with Gasteiger partial charge in [-0.3, -0.25) is 4.79 Å². The molecule has 3 N–H and O–H groups in total. The van der Waals surface area contributed by atoms with E-state index in [2.05, 4.69) is 34.9 Å². The van der Waals surface area contributed by atoms with E-state index in [1.54, 1.807) is 0 Å². The Morgan fingerprint density at radius 2 is 1.60 bits per heavy atom. The number of aliphatic carboxylic acids is 1. The van der Waals surface area contributed by atoms with Gasteiger partial charge in [-0.05, 0) is 34.6 Å². The van der Waals surface area contributed by atoms with Crippen LogP contribution < -0.4 is 10.6 Å². The molecule has 0 radical (unpaired) electrons. The van der Waals surface area contributed by atoms with Crippen LogP contribution in [0.3, 0.4) is 0 Å². The molecule has 0 saturated heterocycles. The van der Waals surface area contributed by atoms with Crippen molar-refractivity contribution in [2.75, 3.05) is 13.2 Å². The molecule has 1 unspecified atom stereocenters. The maximum atomic E-state index is 12.8. The molecule has 1 atom stereocenters. The summed E-state index contributed by atoms with van der Waals surface area (Å²) < 4.78 is 5.64. The molecule has 0 bridgehead atoms. The number of amides is 2. The van der Waals surface area contributed by atoms with Gasteiger partial charge >= 0.3 is 12.1 Å². The van der Waals surface area contributed by atoms with Crippen molar-refractivity contribution < 1.29 is 24.2 Å². The zero-order chi connectivity index (χ0) is 24.6. The quantitative estimate of drug-likeness (QED) is 0.458. The van der Waals surface area contributed by atoms with Crippen LogP contribution >= 0.6 is 0 Å². The summed E-state index contributed by atoms with van der Waals surface area (Å²) in [6.45, 7) is 0.262. The molecular weight excluding hydrogens is 444 g/mol. The summed E-state index contributed by atoms with van der Waals surface area (Å²) in [5.41, 5.74) is 4.56. The Labute approximate surface area is 205 Å². The number of ether oxygens (including phenoxy) is 1. The van der Waals surface area contributed by atoms with Crippen LogP contribution in [0.1, 0.15) is 55.6 Å². The van der Waals surface area contributed by atoms with Crippen LogP contribution in [0, 0.1) is 5.92 Å². The molecule has 4 rings (SSSR count). The number of fused-ring (bicyclic) bond motifs is 3. The van der Waals surface area contributed by atoms with E-state index < -0.39 is 18.1 Å². The zero-order valence-electron chi connectivity index (χ0n) is 19.7. The highest BCUT2D eigenvalue weighted by molar-refractivity contribution is 5.86. The number of carboxylic acids is 1. The molecule has 0 heterocycles. The number of rotatable bonds is 9. The summed E-state index contributed by atoms with van der Waals surface area (Å²) in [7, 11) is 0. The van der Waals surface area contributed by atoms with E-state index in [1.165, 1.54) is 12.5 Å². The Hall–Kier alpha value is -3.61. The number of benzene rings is 2. The van der Waals surface area contributed by atoms with Gasteiger partial charge in [0.1, 0.15) is 12.6 Å². The van der Waals surface area contributed by atoms with E-state index in [1.807, 2.05) is 24.3 Å². The van der Waals surface area contributed by atoms with Gasteiger partial charge in [0, 0.05) is 18.5 Å². The van der Waals surface area contributed by atoms with Crippen molar-refractivity contribution in [3.05, 3.63) is 71.8 Å². The van der Waals surface area contributed by atoms with Gasteiger partial charge in [-0.1, -0.05) is 86.7 Å². The first-order chi connectivity index (χ1) is 17.0. The molecule has 2 aromatic carbocycles. The van der Waals surface area contributed by atoms with Gasteiger partial charge in [0.25, 0.3) is 0 Å². The topological polar surface area (TPSA) is 105 Å². The van der Waals surface area contributed by atoms with E-state index in [9.17, 15) is 14.4 Å². The number of carbonyl (C=O) groups is 3. The van der Waals surface area contributed by atoms with Crippen LogP contribution in [0.5, 0.6) is 0 Å². The highest BCUT2D eigenvalue weighted by atomic mass is 16.5. The third kappa shape index (κ3) is 6.29. The number of hydrogen-bond donors (Lipinski definition) is 3. The van der Waals surface area contributed by atoms with Crippen molar-refractivity contribution in [1.82, 2.24) is 10.6 Å². The van der Waals surface area contributed by atoms with Crippen molar-refractivity contribution in [3.63, 3.8) is 0 Å². The highest BCUT2D eigenvalue weighted by Gasteiger charge is 2.30. The monoisotopic (exact) mass is 476 g/mol. The lowest BCUT2D eigenvalue weighted by molar-refractivity contribution is -0.131. The fraction of sp³-hybridized carbons (Fsp3) is 0.393.